The van der Waals surface area contributed by atoms with Crippen molar-refractivity contribution in [2.75, 3.05) is 0 Å². The van der Waals surface area contributed by atoms with E-state index in [9.17, 15) is 0 Å². The van der Waals surface area contributed by atoms with Crippen LogP contribution in [0.1, 0.15) is 0 Å². The molecule has 0 aromatic rings. The molecule has 7 heavy (non-hydrogen) atoms. The van der Waals surface area contributed by atoms with Crippen LogP contribution < -0.4 is 0 Å². The molecule has 0 aliphatic heterocycles. The predicted octanol–water partition coefficient (Wildman–Crippen LogP) is 2.16. The average Bonchev–Trinajstić information content (AvgIpc) is 1.30. The quantitative estimate of drug-likeness (QED) is 0.443. The first-order valence-corrected chi connectivity index (χ1v) is 7.30. The molecule has 0 radical (unpaired) electrons. The first-order valence-electron chi connectivity index (χ1n) is 2.07. The van der Waals surface area contributed by atoms with Crippen molar-refractivity contribution < 1.29 is 4.21 Å². The van der Waals surface area contributed by atoms with E-state index in [1.54, 1.807) is 0 Å². The van der Waals surface area contributed by atoms with Crippen LogP contribution in [-0.4, -0.2) is 8.32 Å². The Morgan fingerprint density at radius 2 is 1.86 bits per heavy atom. The van der Waals surface area contributed by atoms with Crippen LogP contribution in [-0.2, 0) is 16.0 Å². The van der Waals surface area contributed by atoms with E-state index in [4.69, 9.17) is 4.21 Å². The summed E-state index contributed by atoms with van der Waals surface area (Å²) in [5.41, 5.74) is 0. The SMILES string of the molecule is C[Si](C)(C)OP=S. The molecule has 0 aliphatic rings. The maximum Gasteiger partial charge on any atom is 0.198 e. The van der Waals surface area contributed by atoms with Crippen molar-refractivity contribution >= 4 is 27.7 Å². The average molecular weight is 152 g/mol. The Kier molecular flexibility index (Phi) is 3.16. The zero-order chi connectivity index (χ0) is 5.91. The fourth-order valence-electron chi connectivity index (χ4n) is 0.112. The Hall–Kier alpha value is 0.697. The predicted molar refractivity (Wildman–Crippen MR) is 38.7 cm³/mol. The first kappa shape index (κ1) is 7.70. The Labute approximate surface area is 52.1 Å². The molecule has 0 saturated carbocycles. The van der Waals surface area contributed by atoms with E-state index >= 15 is 0 Å². The maximum absolute atomic E-state index is 5.16. The summed E-state index contributed by atoms with van der Waals surface area (Å²) in [4.78, 5) is 0. The van der Waals surface area contributed by atoms with Crippen molar-refractivity contribution in [3.8, 4) is 0 Å². The number of hydrogen-bond acceptors (Lipinski definition) is 2. The Morgan fingerprint density at radius 3 is 1.86 bits per heavy atom. The summed E-state index contributed by atoms with van der Waals surface area (Å²) in [6.45, 7) is 6.35. The lowest BCUT2D eigenvalue weighted by atomic mass is 11.8. The van der Waals surface area contributed by atoms with Crippen LogP contribution in [0.2, 0.25) is 19.6 Å². The highest BCUT2D eigenvalue weighted by Gasteiger charge is 2.12. The van der Waals surface area contributed by atoms with Gasteiger partial charge in [-0.1, -0.05) is 0 Å². The Morgan fingerprint density at radius 1 is 1.43 bits per heavy atom. The topological polar surface area (TPSA) is 9.23 Å². The zero-order valence-electron chi connectivity index (χ0n) is 4.76. The van der Waals surface area contributed by atoms with Crippen molar-refractivity contribution in [2.24, 2.45) is 0 Å². The molecule has 0 N–H and O–H groups in total. The van der Waals surface area contributed by atoms with E-state index in [1.165, 1.54) is 0 Å². The van der Waals surface area contributed by atoms with Gasteiger partial charge in [0.15, 0.2) is 8.32 Å². The van der Waals surface area contributed by atoms with E-state index in [0.717, 1.165) is 0 Å². The highest BCUT2D eigenvalue weighted by atomic mass is 32.4. The van der Waals surface area contributed by atoms with Gasteiger partial charge >= 0.3 is 0 Å². The van der Waals surface area contributed by atoms with Gasteiger partial charge in [-0.05, 0) is 31.4 Å². The fourth-order valence-corrected chi connectivity index (χ4v) is 3.02. The second kappa shape index (κ2) is 2.87. The minimum atomic E-state index is -1.27. The zero-order valence-corrected chi connectivity index (χ0v) is 7.47. The number of hydrogen-bond donors (Lipinski definition) is 0. The second-order valence-electron chi connectivity index (χ2n) is 2.28. The molecule has 0 fully saturated rings. The lowest BCUT2D eigenvalue weighted by Gasteiger charge is -2.09. The molecule has 0 spiro atoms. The third kappa shape index (κ3) is 6.70. The minimum Gasteiger partial charge on any atom is -0.360 e. The molecule has 0 heterocycles. The second-order valence-corrected chi connectivity index (χ2v) is 7.83. The van der Waals surface area contributed by atoms with Gasteiger partial charge < -0.3 is 4.21 Å². The molecule has 0 aromatic carbocycles. The molecule has 0 amide bonds. The summed E-state index contributed by atoms with van der Waals surface area (Å²) in [6.07, 6.45) is 0. The summed E-state index contributed by atoms with van der Waals surface area (Å²) >= 11 is 4.58. The molecule has 1 nitrogen and oxygen atoms in total. The summed E-state index contributed by atoms with van der Waals surface area (Å²) in [6, 6.07) is 0. The molecule has 0 unspecified atom stereocenters. The van der Waals surface area contributed by atoms with Gasteiger partial charge in [0, 0.05) is 0 Å². The molecule has 0 atom stereocenters. The van der Waals surface area contributed by atoms with Gasteiger partial charge in [0.2, 0.25) is 0 Å². The van der Waals surface area contributed by atoms with Crippen molar-refractivity contribution in [3.63, 3.8) is 0 Å². The first-order chi connectivity index (χ1) is 3.06. The van der Waals surface area contributed by atoms with Crippen LogP contribution in [0.4, 0.5) is 0 Å². The van der Waals surface area contributed by atoms with E-state index in [0.29, 0.717) is 7.58 Å². The number of rotatable bonds is 2. The maximum atomic E-state index is 5.16. The fraction of sp³-hybridized carbons (Fsp3) is 1.00. The molecule has 0 saturated heterocycles. The van der Waals surface area contributed by atoms with Crippen LogP contribution >= 0.6 is 7.58 Å². The third-order valence-corrected chi connectivity index (χ3v) is 3.47. The van der Waals surface area contributed by atoms with Gasteiger partial charge in [-0.3, -0.25) is 0 Å². The van der Waals surface area contributed by atoms with Crippen LogP contribution in [0.3, 0.4) is 0 Å². The Bertz CT molecular complexity index is 69.8. The monoisotopic (exact) mass is 152 g/mol. The van der Waals surface area contributed by atoms with Crippen molar-refractivity contribution in [2.45, 2.75) is 19.6 Å². The van der Waals surface area contributed by atoms with Crippen LogP contribution in [0.5, 0.6) is 0 Å². The molecular weight excluding hydrogens is 143 g/mol. The molecule has 0 aromatic heterocycles. The summed E-state index contributed by atoms with van der Waals surface area (Å²) in [5.74, 6) is 0. The molecule has 4 heteroatoms. The van der Waals surface area contributed by atoms with E-state index in [1.807, 2.05) is 0 Å². The summed E-state index contributed by atoms with van der Waals surface area (Å²) in [5, 5.41) is 0. The summed E-state index contributed by atoms with van der Waals surface area (Å²) < 4.78 is 5.16. The molecule has 0 aliphatic carbocycles. The van der Waals surface area contributed by atoms with E-state index < -0.39 is 8.32 Å². The lowest BCUT2D eigenvalue weighted by Crippen LogP contribution is -2.19. The highest BCUT2D eigenvalue weighted by molar-refractivity contribution is 7.94. The molecule has 0 bridgehead atoms. The van der Waals surface area contributed by atoms with E-state index in [2.05, 4.69) is 31.4 Å². The van der Waals surface area contributed by atoms with Gasteiger partial charge in [-0.25, -0.2) is 0 Å². The molecule has 0 rings (SSSR count). The molecular formula is C3H9OPSSi. The van der Waals surface area contributed by atoms with Crippen molar-refractivity contribution in [1.29, 1.82) is 0 Å². The van der Waals surface area contributed by atoms with Gasteiger partial charge in [0.25, 0.3) is 0 Å². The van der Waals surface area contributed by atoms with E-state index in [-0.39, 0.29) is 0 Å². The summed E-state index contributed by atoms with van der Waals surface area (Å²) in [7, 11) is -0.620. The van der Waals surface area contributed by atoms with Gasteiger partial charge in [-0.2, -0.15) is 0 Å². The van der Waals surface area contributed by atoms with Crippen LogP contribution in [0.25, 0.3) is 0 Å². The van der Waals surface area contributed by atoms with Crippen LogP contribution in [0, 0.1) is 0 Å². The van der Waals surface area contributed by atoms with Crippen molar-refractivity contribution in [1.82, 2.24) is 0 Å². The third-order valence-electron chi connectivity index (χ3n) is 0.311. The van der Waals surface area contributed by atoms with Crippen LogP contribution in [0.15, 0.2) is 0 Å². The normalized spacial score (nSPS) is 12.4. The largest absolute Gasteiger partial charge is 0.360 e. The Balaban J connectivity index is 3.34. The molecule has 42 valence electrons. The standard InChI is InChI=1S/C3H9OPSSi/c1-7(2,3)4-5-6/h1-3H3. The lowest BCUT2D eigenvalue weighted by molar-refractivity contribution is 0.650. The van der Waals surface area contributed by atoms with Gasteiger partial charge in [-0.15, -0.1) is 0 Å². The smallest absolute Gasteiger partial charge is 0.198 e. The van der Waals surface area contributed by atoms with Gasteiger partial charge in [0.05, 0.1) is 0 Å². The van der Waals surface area contributed by atoms with Crippen molar-refractivity contribution in [3.05, 3.63) is 0 Å². The minimum absolute atomic E-state index is 0.654. The van der Waals surface area contributed by atoms with Gasteiger partial charge in [0.1, 0.15) is 7.58 Å². The highest BCUT2D eigenvalue weighted by Crippen LogP contribution is 2.09.